The first-order valence-corrected chi connectivity index (χ1v) is 10.4. The van der Waals surface area contributed by atoms with Crippen LogP contribution >= 0.6 is 22.9 Å². The maximum atomic E-state index is 14.9. The van der Waals surface area contributed by atoms with Crippen LogP contribution in [-0.4, -0.2) is 52.5 Å². The minimum atomic E-state index is -0.800. The summed E-state index contributed by atoms with van der Waals surface area (Å²) in [5.41, 5.74) is 0.951. The van der Waals surface area contributed by atoms with Gasteiger partial charge in [-0.1, -0.05) is 16.7 Å². The topological polar surface area (TPSA) is 108 Å². The predicted molar refractivity (Wildman–Crippen MR) is 111 cm³/mol. The van der Waals surface area contributed by atoms with E-state index in [0.717, 1.165) is 17.8 Å². The van der Waals surface area contributed by atoms with Gasteiger partial charge in [0.25, 0.3) is 11.1 Å². The summed E-state index contributed by atoms with van der Waals surface area (Å²) in [6.07, 6.45) is 3.32. The molecule has 0 radical (unpaired) electrons. The Labute approximate surface area is 185 Å². The summed E-state index contributed by atoms with van der Waals surface area (Å²) in [5, 5.41) is 10.7. The second-order valence-corrected chi connectivity index (χ2v) is 7.91. The molecule has 0 unspecified atom stereocenters. The number of amides is 1. The molecule has 4 rings (SSSR count). The summed E-state index contributed by atoms with van der Waals surface area (Å²) >= 11 is 6.95. The number of halogens is 2. The fraction of sp³-hybridized carbons (Fsp3) is 0.316. The van der Waals surface area contributed by atoms with Crippen LogP contribution in [0, 0.1) is 12.7 Å². The summed E-state index contributed by atoms with van der Waals surface area (Å²) in [4.78, 5) is 20.9. The van der Waals surface area contributed by atoms with E-state index in [0.29, 0.717) is 24.1 Å². The van der Waals surface area contributed by atoms with Crippen LogP contribution in [0.5, 0.6) is 10.9 Å². The van der Waals surface area contributed by atoms with Crippen molar-refractivity contribution in [2.45, 2.75) is 19.4 Å². The highest BCUT2D eigenvalue weighted by atomic mass is 35.5. The first-order chi connectivity index (χ1) is 15.0. The van der Waals surface area contributed by atoms with Gasteiger partial charge < -0.3 is 14.2 Å². The number of nitrogens with zero attached hydrogens (tertiary/aromatic N) is 4. The average molecular weight is 466 g/mol. The molecule has 1 atom stereocenters. The molecule has 9 nitrogen and oxygen atoms in total. The van der Waals surface area contributed by atoms with Crippen molar-refractivity contribution in [1.82, 2.24) is 20.2 Å². The number of aryl methyl sites for hydroxylation is 1. The van der Waals surface area contributed by atoms with Gasteiger partial charge in [0.05, 0.1) is 37.6 Å². The SMILES string of the molecule is COc1cnc(Cl)c(F)c1-c1cc(C)ncc1C(=O)Nc1nnc(O[C@@H]2CCOC2)s1. The van der Waals surface area contributed by atoms with Crippen LogP contribution in [0.4, 0.5) is 9.52 Å². The van der Waals surface area contributed by atoms with Gasteiger partial charge in [0.1, 0.15) is 11.9 Å². The molecule has 0 saturated carbocycles. The number of carbonyl (C=O) groups is 1. The fourth-order valence-electron chi connectivity index (χ4n) is 3.02. The third-order valence-electron chi connectivity index (χ3n) is 4.50. The maximum Gasteiger partial charge on any atom is 0.296 e. The lowest BCUT2D eigenvalue weighted by Gasteiger charge is -2.14. The highest BCUT2D eigenvalue weighted by Crippen LogP contribution is 2.37. The summed E-state index contributed by atoms with van der Waals surface area (Å²) in [5.74, 6) is -1.22. The number of pyridine rings is 2. The van der Waals surface area contributed by atoms with Crippen molar-refractivity contribution >= 4 is 34.0 Å². The number of nitrogens with one attached hydrogen (secondary N) is 1. The van der Waals surface area contributed by atoms with Crippen molar-refractivity contribution in [3.05, 3.63) is 40.7 Å². The van der Waals surface area contributed by atoms with E-state index in [2.05, 4.69) is 25.5 Å². The van der Waals surface area contributed by atoms with Crippen molar-refractivity contribution in [1.29, 1.82) is 0 Å². The molecule has 0 aromatic carbocycles. The van der Waals surface area contributed by atoms with E-state index < -0.39 is 11.7 Å². The number of anilines is 1. The molecule has 1 saturated heterocycles. The van der Waals surface area contributed by atoms with Crippen molar-refractivity contribution in [3.8, 4) is 22.1 Å². The Kier molecular flexibility index (Phi) is 6.25. The highest BCUT2D eigenvalue weighted by molar-refractivity contribution is 7.17. The molecule has 1 N–H and O–H groups in total. The Balaban J connectivity index is 1.63. The minimum absolute atomic E-state index is 0.0145. The minimum Gasteiger partial charge on any atom is -0.494 e. The van der Waals surface area contributed by atoms with Crippen molar-refractivity contribution in [3.63, 3.8) is 0 Å². The van der Waals surface area contributed by atoms with E-state index in [1.807, 2.05) is 0 Å². The molecule has 1 aliphatic rings. The lowest BCUT2D eigenvalue weighted by molar-refractivity contribution is 0.102. The maximum absolute atomic E-state index is 14.9. The van der Waals surface area contributed by atoms with E-state index in [-0.39, 0.29) is 38.8 Å². The number of hydrogen-bond donors (Lipinski definition) is 1. The number of hydrogen-bond acceptors (Lipinski definition) is 9. The van der Waals surface area contributed by atoms with E-state index in [1.54, 1.807) is 13.0 Å². The molecular formula is C19H17ClFN5O4S. The number of methoxy groups -OCH3 is 1. The molecule has 3 aromatic heterocycles. The van der Waals surface area contributed by atoms with E-state index in [4.69, 9.17) is 25.8 Å². The van der Waals surface area contributed by atoms with Gasteiger partial charge in [-0.15, -0.1) is 5.10 Å². The van der Waals surface area contributed by atoms with Gasteiger partial charge in [0, 0.05) is 23.9 Å². The molecule has 12 heteroatoms. The molecule has 0 bridgehead atoms. The van der Waals surface area contributed by atoms with Crippen LogP contribution in [0.2, 0.25) is 5.15 Å². The fourth-order valence-corrected chi connectivity index (χ4v) is 3.82. The average Bonchev–Trinajstić information content (AvgIpc) is 3.42. The summed E-state index contributed by atoms with van der Waals surface area (Å²) < 4.78 is 31.0. The van der Waals surface area contributed by atoms with Crippen LogP contribution < -0.4 is 14.8 Å². The summed E-state index contributed by atoms with van der Waals surface area (Å²) in [6.45, 7) is 2.84. The second kappa shape index (κ2) is 9.08. The van der Waals surface area contributed by atoms with Crippen molar-refractivity contribution < 1.29 is 23.4 Å². The monoisotopic (exact) mass is 465 g/mol. The first-order valence-electron chi connectivity index (χ1n) is 9.20. The number of rotatable bonds is 6. The molecule has 4 heterocycles. The molecule has 1 fully saturated rings. The van der Waals surface area contributed by atoms with Gasteiger partial charge in [-0.3, -0.25) is 15.1 Å². The van der Waals surface area contributed by atoms with Gasteiger partial charge >= 0.3 is 0 Å². The van der Waals surface area contributed by atoms with Gasteiger partial charge in [0.2, 0.25) is 5.13 Å². The van der Waals surface area contributed by atoms with Crippen LogP contribution in [0.1, 0.15) is 22.5 Å². The number of ether oxygens (including phenoxy) is 3. The third-order valence-corrected chi connectivity index (χ3v) is 5.49. The Morgan fingerprint density at radius 3 is 2.94 bits per heavy atom. The zero-order chi connectivity index (χ0) is 22.0. The van der Waals surface area contributed by atoms with E-state index >= 15 is 0 Å². The molecule has 3 aromatic rings. The Morgan fingerprint density at radius 1 is 1.35 bits per heavy atom. The summed E-state index contributed by atoms with van der Waals surface area (Å²) in [7, 11) is 1.37. The Morgan fingerprint density at radius 2 is 2.19 bits per heavy atom. The quantitative estimate of drug-likeness (QED) is 0.551. The molecule has 31 heavy (non-hydrogen) atoms. The van der Waals surface area contributed by atoms with Crippen molar-refractivity contribution in [2.75, 3.05) is 25.6 Å². The molecule has 162 valence electrons. The normalized spacial score (nSPS) is 15.7. The zero-order valence-corrected chi connectivity index (χ0v) is 18.1. The zero-order valence-electron chi connectivity index (χ0n) is 16.5. The second-order valence-electron chi connectivity index (χ2n) is 6.61. The van der Waals surface area contributed by atoms with Gasteiger partial charge in [0.15, 0.2) is 11.0 Å². The van der Waals surface area contributed by atoms with Crippen LogP contribution in [0.15, 0.2) is 18.5 Å². The van der Waals surface area contributed by atoms with Gasteiger partial charge in [-0.05, 0) is 24.3 Å². The number of aromatic nitrogens is 4. The van der Waals surface area contributed by atoms with Crippen molar-refractivity contribution in [2.24, 2.45) is 0 Å². The number of carbonyl (C=O) groups excluding carboxylic acids is 1. The molecule has 1 aliphatic heterocycles. The lowest BCUT2D eigenvalue weighted by Crippen LogP contribution is -2.15. The van der Waals surface area contributed by atoms with Gasteiger partial charge in [-0.2, -0.15) is 0 Å². The largest absolute Gasteiger partial charge is 0.494 e. The van der Waals surface area contributed by atoms with Crippen LogP contribution in [0.3, 0.4) is 0 Å². The Hall–Kier alpha value is -2.89. The van der Waals surface area contributed by atoms with Gasteiger partial charge in [-0.25, -0.2) is 9.37 Å². The van der Waals surface area contributed by atoms with E-state index in [9.17, 15) is 9.18 Å². The third kappa shape index (κ3) is 4.58. The summed E-state index contributed by atoms with van der Waals surface area (Å²) in [6, 6.07) is 1.57. The molecular weight excluding hydrogens is 449 g/mol. The molecule has 1 amide bonds. The smallest absolute Gasteiger partial charge is 0.296 e. The first kappa shape index (κ1) is 21.3. The van der Waals surface area contributed by atoms with Crippen LogP contribution in [0.25, 0.3) is 11.1 Å². The van der Waals surface area contributed by atoms with Crippen LogP contribution in [-0.2, 0) is 4.74 Å². The Bertz CT molecular complexity index is 1120. The standard InChI is InChI=1S/C19H17ClFN5O4S/c1-9-5-11(14-13(28-2)7-23-16(20)15(14)21)12(6-22-9)17(27)24-18-25-26-19(31-18)30-10-3-4-29-8-10/h5-7,10H,3-4,8H2,1-2H3,(H,24,25,27)/t10-/m1/s1. The highest BCUT2D eigenvalue weighted by Gasteiger charge is 2.24. The molecule has 0 aliphatic carbocycles. The van der Waals surface area contributed by atoms with E-state index in [1.165, 1.54) is 19.5 Å². The molecule has 0 spiro atoms. The lowest BCUT2D eigenvalue weighted by atomic mass is 10.00. The predicted octanol–water partition coefficient (Wildman–Crippen LogP) is 3.52.